The number of thiazole rings is 1. The number of fused-ring (bicyclic) bond motifs is 1. The van der Waals surface area contributed by atoms with Crippen LogP contribution >= 0.6 is 27.3 Å². The standard InChI is InChI=1S/C34H31BrN2O7S/c1-4-7-26-29(33(41)43-5-2)30(25-18-23(35)12-15-27(25)42-3)37-31(38)28(45-34(37)36-26)17-20-10-13-24(14-11-20)44-19-21-8-6-9-22(16-21)32(39)40/h6,8-18,30H,4-5,7,19H2,1-3H3,(H,39,40)/b28-17+/t30-/m0/s1. The Morgan fingerprint density at radius 3 is 2.56 bits per heavy atom. The molecule has 1 aliphatic heterocycles. The summed E-state index contributed by atoms with van der Waals surface area (Å²) in [5.41, 5.74) is 2.97. The van der Waals surface area contributed by atoms with Crippen LogP contribution in [0.15, 0.2) is 92.3 Å². The van der Waals surface area contributed by atoms with E-state index in [4.69, 9.17) is 19.2 Å². The van der Waals surface area contributed by atoms with Crippen LogP contribution < -0.4 is 24.4 Å². The minimum absolute atomic E-state index is 0.183. The Balaban J connectivity index is 1.54. The molecular formula is C34H31BrN2O7S. The van der Waals surface area contributed by atoms with Crippen LogP contribution in [0, 0.1) is 0 Å². The number of carbonyl (C=O) groups excluding carboxylic acids is 1. The van der Waals surface area contributed by atoms with Gasteiger partial charge >= 0.3 is 11.9 Å². The van der Waals surface area contributed by atoms with E-state index in [2.05, 4.69) is 15.9 Å². The van der Waals surface area contributed by atoms with Crippen molar-refractivity contribution in [3.8, 4) is 11.5 Å². The normalized spacial score (nSPS) is 14.5. The van der Waals surface area contributed by atoms with Gasteiger partial charge in [0.1, 0.15) is 24.1 Å². The van der Waals surface area contributed by atoms with Gasteiger partial charge in [0.2, 0.25) is 0 Å². The van der Waals surface area contributed by atoms with E-state index in [1.165, 1.54) is 17.4 Å². The number of methoxy groups -OCH3 is 1. The number of nitrogens with zero attached hydrogens (tertiary/aromatic N) is 2. The Morgan fingerprint density at radius 1 is 1.09 bits per heavy atom. The average molecular weight is 692 g/mol. The second-order valence-electron chi connectivity index (χ2n) is 10.2. The molecule has 45 heavy (non-hydrogen) atoms. The zero-order chi connectivity index (χ0) is 32.1. The molecule has 0 saturated heterocycles. The highest BCUT2D eigenvalue weighted by molar-refractivity contribution is 9.10. The molecule has 232 valence electrons. The predicted molar refractivity (Wildman–Crippen MR) is 175 cm³/mol. The maximum atomic E-state index is 14.1. The van der Waals surface area contributed by atoms with Gasteiger partial charge in [-0.2, -0.15) is 0 Å². The van der Waals surface area contributed by atoms with Crippen molar-refractivity contribution in [3.63, 3.8) is 0 Å². The molecule has 1 aromatic heterocycles. The first kappa shape index (κ1) is 31.9. The second kappa shape index (κ2) is 14.1. The largest absolute Gasteiger partial charge is 0.496 e. The van der Waals surface area contributed by atoms with Crippen molar-refractivity contribution in [2.24, 2.45) is 4.99 Å². The van der Waals surface area contributed by atoms with Crippen LogP contribution in [-0.2, 0) is 16.1 Å². The van der Waals surface area contributed by atoms with Crippen molar-refractivity contribution in [2.45, 2.75) is 39.3 Å². The molecule has 0 bridgehead atoms. The van der Waals surface area contributed by atoms with Crippen molar-refractivity contribution in [1.82, 2.24) is 4.57 Å². The fourth-order valence-corrected chi connectivity index (χ4v) is 6.51. The number of allylic oxidation sites excluding steroid dienone is 1. The smallest absolute Gasteiger partial charge is 0.338 e. The van der Waals surface area contributed by atoms with Crippen LogP contribution in [0.3, 0.4) is 0 Å². The maximum Gasteiger partial charge on any atom is 0.338 e. The highest BCUT2D eigenvalue weighted by Gasteiger charge is 2.36. The highest BCUT2D eigenvalue weighted by Crippen LogP contribution is 2.38. The Kier molecular flexibility index (Phi) is 9.99. The SMILES string of the molecule is CCCC1=C(C(=O)OCC)[C@H](c2cc(Br)ccc2OC)n2c(s/c(=C/c3ccc(OCc4cccc(C(=O)O)c4)cc3)c2=O)=N1. The summed E-state index contributed by atoms with van der Waals surface area (Å²) in [6.07, 6.45) is 3.07. The monoisotopic (exact) mass is 690 g/mol. The average Bonchev–Trinajstić information content (AvgIpc) is 3.34. The zero-order valence-corrected chi connectivity index (χ0v) is 27.3. The summed E-state index contributed by atoms with van der Waals surface area (Å²) in [5, 5.41) is 9.22. The third kappa shape index (κ3) is 6.94. The van der Waals surface area contributed by atoms with Crippen LogP contribution in [0.1, 0.15) is 59.8 Å². The van der Waals surface area contributed by atoms with Crippen molar-refractivity contribution < 1.29 is 28.9 Å². The molecular weight excluding hydrogens is 660 g/mol. The minimum atomic E-state index is -0.993. The highest BCUT2D eigenvalue weighted by atomic mass is 79.9. The van der Waals surface area contributed by atoms with E-state index in [9.17, 15) is 19.5 Å². The Bertz CT molecular complexity index is 1960. The summed E-state index contributed by atoms with van der Waals surface area (Å²) >= 11 is 4.79. The quantitative estimate of drug-likeness (QED) is 0.203. The van der Waals surface area contributed by atoms with Crippen molar-refractivity contribution in [2.75, 3.05) is 13.7 Å². The van der Waals surface area contributed by atoms with Gasteiger partial charge < -0.3 is 19.3 Å². The molecule has 3 aromatic carbocycles. The summed E-state index contributed by atoms with van der Waals surface area (Å²) in [5.74, 6) is -0.384. The molecule has 1 N–H and O–H groups in total. The van der Waals surface area contributed by atoms with Crippen molar-refractivity contribution >= 4 is 45.3 Å². The summed E-state index contributed by atoms with van der Waals surface area (Å²) in [6.45, 7) is 4.15. The number of rotatable bonds is 11. The third-order valence-electron chi connectivity index (χ3n) is 7.14. The molecule has 0 spiro atoms. The second-order valence-corrected chi connectivity index (χ2v) is 12.1. The van der Waals surface area contributed by atoms with Gasteiger partial charge in [0.15, 0.2) is 4.80 Å². The lowest BCUT2D eigenvalue weighted by atomic mass is 9.93. The number of halogens is 1. The van der Waals surface area contributed by atoms with E-state index < -0.39 is 18.0 Å². The van der Waals surface area contributed by atoms with E-state index >= 15 is 0 Å². The van der Waals surface area contributed by atoms with Crippen LogP contribution in [0.2, 0.25) is 0 Å². The molecule has 1 aliphatic rings. The van der Waals surface area contributed by atoms with Crippen LogP contribution in [-0.4, -0.2) is 35.3 Å². The number of carbonyl (C=O) groups is 2. The number of carboxylic acid groups (broad SMARTS) is 1. The number of esters is 1. The van der Waals surface area contributed by atoms with E-state index in [-0.39, 0.29) is 24.3 Å². The van der Waals surface area contributed by atoms with Gasteiger partial charge in [0, 0.05) is 10.0 Å². The molecule has 5 rings (SSSR count). The lowest BCUT2D eigenvalue weighted by molar-refractivity contribution is -0.139. The molecule has 2 heterocycles. The molecule has 0 unspecified atom stereocenters. The molecule has 11 heteroatoms. The molecule has 0 fully saturated rings. The van der Waals surface area contributed by atoms with Crippen molar-refractivity contribution in [3.05, 3.63) is 124 Å². The van der Waals surface area contributed by atoms with Gasteiger partial charge in [0.05, 0.1) is 35.1 Å². The fourth-order valence-electron chi connectivity index (χ4n) is 5.11. The molecule has 0 saturated carbocycles. The number of benzene rings is 3. The van der Waals surface area contributed by atoms with Crippen LogP contribution in [0.4, 0.5) is 0 Å². The molecule has 0 aliphatic carbocycles. The van der Waals surface area contributed by atoms with Crippen molar-refractivity contribution in [1.29, 1.82) is 0 Å². The van der Waals surface area contributed by atoms with Gasteiger partial charge in [-0.1, -0.05) is 64.9 Å². The minimum Gasteiger partial charge on any atom is -0.496 e. The van der Waals surface area contributed by atoms with E-state index in [1.54, 1.807) is 61.1 Å². The van der Waals surface area contributed by atoms with Gasteiger partial charge in [-0.3, -0.25) is 9.36 Å². The zero-order valence-electron chi connectivity index (χ0n) is 24.9. The lowest BCUT2D eigenvalue weighted by Gasteiger charge is -2.27. The molecule has 0 radical (unpaired) electrons. The Hall–Kier alpha value is -4.48. The fraction of sp³-hybridized carbons (Fsp3) is 0.235. The Morgan fingerprint density at radius 2 is 1.87 bits per heavy atom. The number of ether oxygens (including phenoxy) is 3. The molecule has 0 amide bonds. The van der Waals surface area contributed by atoms with Crippen LogP contribution in [0.5, 0.6) is 11.5 Å². The maximum absolute atomic E-state index is 14.1. The van der Waals surface area contributed by atoms with Gasteiger partial charge in [-0.05, 0) is 73.0 Å². The Labute approximate surface area is 271 Å². The van der Waals surface area contributed by atoms with Crippen LogP contribution in [0.25, 0.3) is 6.08 Å². The number of aromatic carboxylic acids is 1. The first-order valence-electron chi connectivity index (χ1n) is 14.3. The predicted octanol–water partition coefficient (Wildman–Crippen LogP) is 5.63. The summed E-state index contributed by atoms with van der Waals surface area (Å²) in [6, 6.07) is 18.5. The molecule has 9 nitrogen and oxygen atoms in total. The third-order valence-corrected chi connectivity index (χ3v) is 8.61. The van der Waals surface area contributed by atoms with Gasteiger partial charge in [-0.15, -0.1) is 0 Å². The summed E-state index contributed by atoms with van der Waals surface area (Å²) in [7, 11) is 1.55. The number of hydrogen-bond donors (Lipinski definition) is 1. The summed E-state index contributed by atoms with van der Waals surface area (Å²) < 4.78 is 19.8. The summed E-state index contributed by atoms with van der Waals surface area (Å²) in [4.78, 5) is 44.1. The molecule has 4 aromatic rings. The number of carboxylic acids is 1. The first-order valence-corrected chi connectivity index (χ1v) is 16.0. The molecule has 1 atom stereocenters. The number of hydrogen-bond acceptors (Lipinski definition) is 8. The van der Waals surface area contributed by atoms with E-state index in [1.807, 2.05) is 31.2 Å². The van der Waals surface area contributed by atoms with E-state index in [0.29, 0.717) is 44.1 Å². The van der Waals surface area contributed by atoms with Gasteiger partial charge in [0.25, 0.3) is 5.56 Å². The van der Waals surface area contributed by atoms with E-state index in [0.717, 1.165) is 22.0 Å². The lowest BCUT2D eigenvalue weighted by Crippen LogP contribution is -2.40. The number of aromatic nitrogens is 1. The topological polar surface area (TPSA) is 116 Å². The first-order chi connectivity index (χ1) is 21.7. The van der Waals surface area contributed by atoms with Gasteiger partial charge in [-0.25, -0.2) is 14.6 Å².